The smallest absolute Gasteiger partial charge is 0.292 e. The third-order valence-electron chi connectivity index (χ3n) is 22.0. The number of rotatable bonds is 4. The predicted octanol–water partition coefficient (Wildman–Crippen LogP) is 19.6. The molecule has 420 valence electrons. The summed E-state index contributed by atoms with van der Waals surface area (Å²) >= 11 is 0. The highest BCUT2D eigenvalue weighted by Gasteiger charge is 2.54. The predicted molar refractivity (Wildman–Crippen MR) is 348 cm³/mol. The van der Waals surface area contributed by atoms with Gasteiger partial charge in [-0.1, -0.05) is 209 Å². The third kappa shape index (κ3) is 8.53. The van der Waals surface area contributed by atoms with Crippen LogP contribution in [0.4, 0.5) is 17.1 Å². The van der Waals surface area contributed by atoms with Crippen LogP contribution in [0.15, 0.2) is 142 Å². The van der Waals surface area contributed by atoms with Gasteiger partial charge in [0.2, 0.25) is 0 Å². The SMILES string of the molecule is CC1=CC2=C3B(c4ccc(-c5cc(C(C)(C)C)cc(C(C)(C)C)c5)cc4N2c2cc4c(cc2-c2ccccc2)C(C)(C)CCC4(C)C)c2oc4cc5c(cc4c2N(C2C=CC4=C(C2)C(C)(C)CCC4(C)C)C3C1)C(C)(C)CCC5(C)C. The minimum absolute atomic E-state index is 0.00265. The molecular formula is C77H93BN2O. The molecule has 1 aromatic heterocycles. The van der Waals surface area contributed by atoms with Gasteiger partial charge in [-0.2, -0.15) is 0 Å². The number of anilines is 3. The van der Waals surface area contributed by atoms with Gasteiger partial charge in [-0.15, -0.1) is 0 Å². The van der Waals surface area contributed by atoms with Crippen molar-refractivity contribution in [1.82, 2.24) is 0 Å². The van der Waals surface area contributed by atoms with E-state index in [0.29, 0.717) is 0 Å². The van der Waals surface area contributed by atoms with Crippen molar-refractivity contribution in [3.05, 3.63) is 170 Å². The van der Waals surface area contributed by atoms with E-state index in [-0.39, 0.29) is 62.1 Å². The number of hydrogen-bond acceptors (Lipinski definition) is 3. The molecule has 7 aliphatic rings. The maximum Gasteiger partial charge on any atom is 0.292 e. The van der Waals surface area contributed by atoms with Gasteiger partial charge < -0.3 is 14.2 Å². The third-order valence-corrected chi connectivity index (χ3v) is 22.0. The maximum atomic E-state index is 7.87. The van der Waals surface area contributed by atoms with Crippen LogP contribution in [0.5, 0.6) is 0 Å². The fraction of sp³-hybridized carbons (Fsp3) is 0.481. The Morgan fingerprint density at radius 3 is 1.73 bits per heavy atom. The van der Waals surface area contributed by atoms with Crippen LogP contribution in [0, 0.1) is 10.8 Å². The van der Waals surface area contributed by atoms with Gasteiger partial charge in [0.05, 0.1) is 23.1 Å². The first-order valence-electron chi connectivity index (χ1n) is 31.3. The fourth-order valence-corrected chi connectivity index (χ4v) is 16.3. The number of allylic oxidation sites excluding steroid dienone is 3. The molecule has 0 saturated carbocycles. The first kappa shape index (κ1) is 54.5. The van der Waals surface area contributed by atoms with Gasteiger partial charge in [0, 0.05) is 28.4 Å². The molecule has 0 amide bonds. The van der Waals surface area contributed by atoms with E-state index in [4.69, 9.17) is 4.42 Å². The van der Waals surface area contributed by atoms with Gasteiger partial charge in [-0.3, -0.25) is 0 Å². The van der Waals surface area contributed by atoms with Crippen molar-refractivity contribution in [3.63, 3.8) is 0 Å². The Hall–Kier alpha value is -5.74. The van der Waals surface area contributed by atoms with E-state index >= 15 is 0 Å². The summed E-state index contributed by atoms with van der Waals surface area (Å²) in [5, 5.41) is 1.29. The standard InChI is InChI=1S/C77H93BN2O/c1-46-35-64-67-65(36-46)80(62-44-59-57(74(12,13)31-33-76(59,16)17)42-53(62)47-23-21-20-22-24-47)63-39-48(49-37-50(70(2,3)4)40-51(38-49)71(5,6)7)25-28-61(63)78(67)69-68(54-43-58-60(45-66(54)81-69)77(18,19)34-32-75(58,14)15)79(64)52-26-27-55-56(41-52)73(10,11)30-29-72(55,8)9/h20-28,36-40,42-45,52,64H,29-35,41H2,1-19H3. The van der Waals surface area contributed by atoms with E-state index < -0.39 is 0 Å². The van der Waals surface area contributed by atoms with Crippen LogP contribution in [0.2, 0.25) is 0 Å². The molecule has 2 unspecified atom stereocenters. The van der Waals surface area contributed by atoms with Crippen molar-refractivity contribution >= 4 is 45.9 Å². The van der Waals surface area contributed by atoms with Crippen LogP contribution < -0.4 is 20.9 Å². The van der Waals surface area contributed by atoms with Crippen LogP contribution in [0.1, 0.15) is 216 Å². The first-order valence-corrected chi connectivity index (χ1v) is 31.3. The molecule has 3 heterocycles. The van der Waals surface area contributed by atoms with E-state index in [1.807, 2.05) is 0 Å². The lowest BCUT2D eigenvalue weighted by molar-refractivity contribution is 0.255. The molecule has 4 heteroatoms. The highest BCUT2D eigenvalue weighted by Crippen LogP contribution is 2.58. The summed E-state index contributed by atoms with van der Waals surface area (Å²) in [6.07, 6.45) is 16.9. The molecule has 5 aliphatic carbocycles. The van der Waals surface area contributed by atoms with Crippen molar-refractivity contribution in [1.29, 1.82) is 0 Å². The maximum absolute atomic E-state index is 7.87. The van der Waals surface area contributed by atoms with Gasteiger partial charge in [0.1, 0.15) is 5.58 Å². The van der Waals surface area contributed by atoms with E-state index in [2.05, 4.69) is 251 Å². The summed E-state index contributed by atoms with van der Waals surface area (Å²) in [4.78, 5) is 5.72. The molecule has 13 rings (SSSR count). The molecule has 5 aromatic carbocycles. The summed E-state index contributed by atoms with van der Waals surface area (Å²) in [5.41, 5.74) is 28.9. The van der Waals surface area contributed by atoms with Gasteiger partial charge in [0.15, 0.2) is 0 Å². The van der Waals surface area contributed by atoms with Crippen molar-refractivity contribution in [3.8, 4) is 22.3 Å². The zero-order valence-corrected chi connectivity index (χ0v) is 53.1. The topological polar surface area (TPSA) is 19.6 Å². The summed E-state index contributed by atoms with van der Waals surface area (Å²) in [7, 11) is 0. The van der Waals surface area contributed by atoms with Gasteiger partial charge in [0.25, 0.3) is 6.71 Å². The second kappa shape index (κ2) is 17.7. The second-order valence-electron chi connectivity index (χ2n) is 32.6. The number of furan rings is 1. The Morgan fingerprint density at radius 1 is 0.543 bits per heavy atom. The number of hydrogen-bond donors (Lipinski definition) is 0. The minimum atomic E-state index is -0.0852. The van der Waals surface area contributed by atoms with Gasteiger partial charge >= 0.3 is 0 Å². The van der Waals surface area contributed by atoms with Gasteiger partial charge in [-0.05, 0) is 205 Å². The quantitative estimate of drug-likeness (QED) is 0.164. The molecule has 0 N–H and O–H groups in total. The molecule has 0 bridgehead atoms. The van der Waals surface area contributed by atoms with Crippen molar-refractivity contribution < 1.29 is 4.42 Å². The molecule has 2 aliphatic heterocycles. The average molecular weight is 1070 g/mol. The van der Waals surface area contributed by atoms with E-state index in [9.17, 15) is 0 Å². The molecule has 81 heavy (non-hydrogen) atoms. The minimum Gasteiger partial charge on any atom is -0.468 e. The zero-order valence-electron chi connectivity index (χ0n) is 53.1. The van der Waals surface area contributed by atoms with Crippen molar-refractivity contribution in [2.24, 2.45) is 10.8 Å². The Kier molecular flexibility index (Phi) is 11.9. The van der Waals surface area contributed by atoms with E-state index in [1.165, 1.54) is 120 Å². The highest BCUT2D eigenvalue weighted by molar-refractivity contribution is 6.93. The second-order valence-corrected chi connectivity index (χ2v) is 32.6. The van der Waals surface area contributed by atoms with Crippen LogP contribution in [-0.2, 0) is 32.5 Å². The molecule has 6 aromatic rings. The summed E-state index contributed by atoms with van der Waals surface area (Å²) in [5.74, 6) is 0. The van der Waals surface area contributed by atoms with Crippen LogP contribution in [0.25, 0.3) is 33.2 Å². The molecular weight excluding hydrogens is 980 g/mol. The summed E-state index contributed by atoms with van der Waals surface area (Å²) < 4.78 is 7.87. The number of nitrogens with zero attached hydrogens (tertiary/aromatic N) is 2. The Bertz CT molecular complexity index is 3730. The lowest BCUT2D eigenvalue weighted by atomic mass is 9.33. The Balaban J connectivity index is 1.15. The molecule has 2 atom stereocenters. The summed E-state index contributed by atoms with van der Waals surface area (Å²) in [6, 6.07) is 37.1. The molecule has 0 spiro atoms. The van der Waals surface area contributed by atoms with Crippen LogP contribution >= 0.6 is 0 Å². The normalized spacial score (nSPS) is 23.5. The lowest BCUT2D eigenvalue weighted by Crippen LogP contribution is -2.63. The van der Waals surface area contributed by atoms with Crippen molar-refractivity contribution in [2.75, 3.05) is 9.80 Å². The van der Waals surface area contributed by atoms with Crippen LogP contribution in [0.3, 0.4) is 0 Å². The van der Waals surface area contributed by atoms with Crippen molar-refractivity contribution in [2.45, 2.75) is 227 Å². The lowest BCUT2D eigenvalue weighted by Gasteiger charge is -2.53. The Labute approximate surface area is 488 Å². The molecule has 0 fully saturated rings. The Morgan fingerprint density at radius 2 is 1.11 bits per heavy atom. The monoisotopic (exact) mass is 1070 g/mol. The number of benzene rings is 5. The molecule has 3 nitrogen and oxygen atoms in total. The average Bonchev–Trinajstić information content (AvgIpc) is 2.06. The molecule has 0 saturated heterocycles. The first-order chi connectivity index (χ1) is 37.8. The number of fused-ring (bicyclic) bond motifs is 8. The fourth-order valence-electron chi connectivity index (χ4n) is 16.3. The van der Waals surface area contributed by atoms with E-state index in [1.54, 1.807) is 11.1 Å². The van der Waals surface area contributed by atoms with Gasteiger partial charge in [-0.25, -0.2) is 0 Å². The zero-order chi connectivity index (χ0) is 57.7. The largest absolute Gasteiger partial charge is 0.468 e. The highest BCUT2D eigenvalue weighted by atomic mass is 16.3. The van der Waals surface area contributed by atoms with Crippen LogP contribution in [-0.4, -0.2) is 18.8 Å². The summed E-state index contributed by atoms with van der Waals surface area (Å²) in [6.45, 7) is 46.4. The molecule has 0 radical (unpaired) electrons. The van der Waals surface area contributed by atoms with E-state index in [0.717, 1.165) is 43.3 Å².